The number of carbonyl (C=O) groups excluding carboxylic acids is 1. The van der Waals surface area contributed by atoms with Crippen LogP contribution in [-0.4, -0.2) is 36.1 Å². The third-order valence-corrected chi connectivity index (χ3v) is 1.98. The molecule has 1 heterocycles. The number of halogens is 1. The topological polar surface area (TPSA) is 76.1 Å². The monoisotopic (exact) mass is 244 g/mol. The fourth-order valence-corrected chi connectivity index (χ4v) is 1.12. The van der Waals surface area contributed by atoms with Crippen molar-refractivity contribution in [3.63, 3.8) is 0 Å². The van der Waals surface area contributed by atoms with Crippen LogP contribution in [0, 0.1) is 0 Å². The molecule has 0 aliphatic rings. The zero-order chi connectivity index (χ0) is 12.0. The summed E-state index contributed by atoms with van der Waals surface area (Å²) >= 11 is 5.86. The van der Waals surface area contributed by atoms with Crippen molar-refractivity contribution in [2.24, 2.45) is 0 Å². The number of hydrogen-bond acceptors (Lipinski definition) is 6. The second kappa shape index (κ2) is 6.12. The first-order chi connectivity index (χ1) is 7.67. The Morgan fingerprint density at radius 3 is 2.94 bits per heavy atom. The lowest BCUT2D eigenvalue weighted by Gasteiger charge is -2.08. The number of ether oxygens (including phenoxy) is 1. The molecular formula is C9H13ClN4O2. The molecule has 1 aromatic rings. The quantitative estimate of drug-likeness (QED) is 0.757. The van der Waals surface area contributed by atoms with Crippen LogP contribution in [0.3, 0.4) is 0 Å². The average Bonchev–Trinajstić information content (AvgIpc) is 2.29. The molecule has 16 heavy (non-hydrogen) atoms. The van der Waals surface area contributed by atoms with E-state index in [2.05, 4.69) is 25.3 Å². The molecule has 6 nitrogen and oxygen atoms in total. The molecule has 0 aliphatic carbocycles. The van der Waals surface area contributed by atoms with Gasteiger partial charge in [0.15, 0.2) is 5.82 Å². The number of esters is 1. The van der Waals surface area contributed by atoms with Gasteiger partial charge in [-0.1, -0.05) is 11.6 Å². The van der Waals surface area contributed by atoms with Crippen LogP contribution in [0.4, 0.5) is 11.8 Å². The fraction of sp³-hybridized carbons (Fsp3) is 0.444. The minimum atomic E-state index is -0.389. The summed E-state index contributed by atoms with van der Waals surface area (Å²) in [6, 6.07) is 0. The third kappa shape index (κ3) is 3.54. The summed E-state index contributed by atoms with van der Waals surface area (Å²) in [6.07, 6.45) is 1.46. The third-order valence-electron chi connectivity index (χ3n) is 1.71. The molecule has 7 heteroatoms. The summed E-state index contributed by atoms with van der Waals surface area (Å²) in [6.45, 7) is 2.65. The molecule has 1 rings (SSSR count). The predicted molar refractivity (Wildman–Crippen MR) is 61.7 cm³/mol. The lowest BCUT2D eigenvalue weighted by Crippen LogP contribution is -2.16. The van der Waals surface area contributed by atoms with E-state index in [1.807, 2.05) is 6.92 Å². The van der Waals surface area contributed by atoms with Crippen molar-refractivity contribution >= 4 is 29.3 Å². The van der Waals surface area contributed by atoms with Crippen molar-refractivity contribution in [2.45, 2.75) is 6.92 Å². The molecule has 88 valence electrons. The number of carbonyl (C=O) groups is 1. The van der Waals surface area contributed by atoms with E-state index in [-0.39, 0.29) is 12.5 Å². The standard InChI is InChI=1S/C9H13ClN4O2/c1-3-11-9-13-4-6(10)8(14-9)12-5-7(15)16-2/h4H,3,5H2,1-2H3,(H2,11,12,13,14). The maximum Gasteiger partial charge on any atom is 0.325 e. The highest BCUT2D eigenvalue weighted by Gasteiger charge is 2.06. The number of nitrogens with zero attached hydrogens (tertiary/aromatic N) is 2. The van der Waals surface area contributed by atoms with Gasteiger partial charge in [-0.3, -0.25) is 4.79 Å². The second-order valence-electron chi connectivity index (χ2n) is 2.85. The summed E-state index contributed by atoms with van der Waals surface area (Å²) in [4.78, 5) is 19.0. The Balaban J connectivity index is 2.70. The van der Waals surface area contributed by atoms with Gasteiger partial charge in [0.1, 0.15) is 11.6 Å². The molecule has 0 aromatic carbocycles. The maximum absolute atomic E-state index is 10.9. The number of hydrogen-bond donors (Lipinski definition) is 2. The minimum Gasteiger partial charge on any atom is -0.468 e. The average molecular weight is 245 g/mol. The van der Waals surface area contributed by atoms with Gasteiger partial charge in [-0.05, 0) is 6.92 Å². The lowest BCUT2D eigenvalue weighted by atomic mass is 10.5. The van der Waals surface area contributed by atoms with E-state index in [1.54, 1.807) is 0 Å². The molecule has 0 bridgehead atoms. The Hall–Kier alpha value is -1.56. The zero-order valence-corrected chi connectivity index (χ0v) is 9.84. The van der Waals surface area contributed by atoms with Gasteiger partial charge in [0.05, 0.1) is 13.3 Å². The van der Waals surface area contributed by atoms with Crippen LogP contribution in [0.15, 0.2) is 6.20 Å². The highest BCUT2D eigenvalue weighted by atomic mass is 35.5. The van der Waals surface area contributed by atoms with E-state index in [4.69, 9.17) is 11.6 Å². The number of nitrogens with one attached hydrogen (secondary N) is 2. The molecule has 0 saturated heterocycles. The van der Waals surface area contributed by atoms with E-state index in [0.29, 0.717) is 23.3 Å². The van der Waals surface area contributed by atoms with Gasteiger partial charge >= 0.3 is 5.97 Å². The molecule has 0 amide bonds. The first kappa shape index (κ1) is 12.5. The summed E-state index contributed by atoms with van der Waals surface area (Å²) in [5.41, 5.74) is 0. The van der Waals surface area contributed by atoms with Crippen LogP contribution in [-0.2, 0) is 9.53 Å². The molecule has 0 saturated carbocycles. The van der Waals surface area contributed by atoms with Crippen molar-refractivity contribution in [3.8, 4) is 0 Å². The van der Waals surface area contributed by atoms with E-state index >= 15 is 0 Å². The summed E-state index contributed by atoms with van der Waals surface area (Å²) in [5, 5.41) is 6.06. The van der Waals surface area contributed by atoms with Crippen molar-refractivity contribution in [1.29, 1.82) is 0 Å². The Labute approximate surface area is 98.4 Å². The SMILES string of the molecule is CCNc1ncc(Cl)c(NCC(=O)OC)n1. The first-order valence-corrected chi connectivity index (χ1v) is 5.12. The zero-order valence-electron chi connectivity index (χ0n) is 9.08. The molecule has 0 spiro atoms. The van der Waals surface area contributed by atoms with Gasteiger partial charge in [-0.2, -0.15) is 4.98 Å². The minimum absolute atomic E-state index is 0.0127. The summed E-state index contributed by atoms with van der Waals surface area (Å²) in [5.74, 6) is 0.469. The Morgan fingerprint density at radius 2 is 2.31 bits per heavy atom. The normalized spacial score (nSPS) is 9.69. The molecule has 0 unspecified atom stereocenters. The predicted octanol–water partition coefficient (Wildman–Crippen LogP) is 1.15. The number of aromatic nitrogens is 2. The van der Waals surface area contributed by atoms with Crippen LogP contribution in [0.1, 0.15) is 6.92 Å². The van der Waals surface area contributed by atoms with Crippen molar-refractivity contribution < 1.29 is 9.53 Å². The summed E-state index contributed by atoms with van der Waals surface area (Å²) < 4.78 is 4.49. The van der Waals surface area contributed by atoms with Gasteiger partial charge in [-0.15, -0.1) is 0 Å². The van der Waals surface area contributed by atoms with E-state index in [0.717, 1.165) is 0 Å². The van der Waals surface area contributed by atoms with E-state index in [1.165, 1.54) is 13.3 Å². The largest absolute Gasteiger partial charge is 0.468 e. The maximum atomic E-state index is 10.9. The lowest BCUT2D eigenvalue weighted by molar-refractivity contribution is -0.138. The van der Waals surface area contributed by atoms with Crippen LogP contribution in [0.2, 0.25) is 5.02 Å². The van der Waals surface area contributed by atoms with Gasteiger partial charge in [0.2, 0.25) is 5.95 Å². The molecule has 1 aromatic heterocycles. The van der Waals surface area contributed by atoms with Crippen molar-refractivity contribution in [1.82, 2.24) is 9.97 Å². The highest BCUT2D eigenvalue weighted by Crippen LogP contribution is 2.18. The van der Waals surface area contributed by atoms with Crippen LogP contribution in [0.5, 0.6) is 0 Å². The molecule has 0 atom stereocenters. The number of rotatable bonds is 5. The Bertz CT molecular complexity index is 373. The van der Waals surface area contributed by atoms with Crippen LogP contribution >= 0.6 is 11.6 Å². The van der Waals surface area contributed by atoms with Gasteiger partial charge in [0, 0.05) is 6.54 Å². The van der Waals surface area contributed by atoms with E-state index in [9.17, 15) is 4.79 Å². The highest BCUT2D eigenvalue weighted by molar-refractivity contribution is 6.32. The molecule has 2 N–H and O–H groups in total. The van der Waals surface area contributed by atoms with Crippen LogP contribution in [0.25, 0.3) is 0 Å². The Morgan fingerprint density at radius 1 is 1.56 bits per heavy atom. The van der Waals surface area contributed by atoms with Gasteiger partial charge in [0.25, 0.3) is 0 Å². The second-order valence-corrected chi connectivity index (χ2v) is 3.26. The Kier molecular flexibility index (Phi) is 4.78. The number of methoxy groups -OCH3 is 1. The van der Waals surface area contributed by atoms with E-state index < -0.39 is 0 Å². The number of anilines is 2. The van der Waals surface area contributed by atoms with Crippen LogP contribution < -0.4 is 10.6 Å². The van der Waals surface area contributed by atoms with Crippen molar-refractivity contribution in [3.05, 3.63) is 11.2 Å². The van der Waals surface area contributed by atoms with Gasteiger partial charge < -0.3 is 15.4 Å². The molecule has 0 fully saturated rings. The van der Waals surface area contributed by atoms with Crippen molar-refractivity contribution in [2.75, 3.05) is 30.8 Å². The fourth-order valence-electron chi connectivity index (χ4n) is 0.962. The molecular weight excluding hydrogens is 232 g/mol. The first-order valence-electron chi connectivity index (χ1n) is 4.74. The molecule has 0 aliphatic heterocycles. The molecule has 0 radical (unpaired) electrons. The summed E-state index contributed by atoms with van der Waals surface area (Å²) in [7, 11) is 1.32. The smallest absolute Gasteiger partial charge is 0.325 e. The van der Waals surface area contributed by atoms with Gasteiger partial charge in [-0.25, -0.2) is 4.98 Å².